The number of hydrogen-bond donors (Lipinski definition) is 2. The summed E-state index contributed by atoms with van der Waals surface area (Å²) in [7, 11) is -3.46. The number of nitrogens with one attached hydrogen (secondary N) is 1. The van der Waals surface area contributed by atoms with Crippen molar-refractivity contribution in [3.63, 3.8) is 0 Å². The zero-order valence-corrected chi connectivity index (χ0v) is 13.5. The van der Waals surface area contributed by atoms with Gasteiger partial charge in [0, 0.05) is 17.1 Å². The van der Waals surface area contributed by atoms with E-state index in [4.69, 9.17) is 5.73 Å². The number of aryl methyl sites for hydroxylation is 1. The van der Waals surface area contributed by atoms with Crippen molar-refractivity contribution in [1.29, 1.82) is 0 Å². The fraction of sp³-hybridized carbons (Fsp3) is 0.455. The predicted molar refractivity (Wildman–Crippen MR) is 79.6 cm³/mol. The second-order valence-electron chi connectivity index (χ2n) is 4.05. The summed E-state index contributed by atoms with van der Waals surface area (Å²) < 4.78 is 27.2. The molecule has 1 aromatic carbocycles. The molecule has 0 saturated heterocycles. The highest BCUT2D eigenvalue weighted by Crippen LogP contribution is 2.24. The van der Waals surface area contributed by atoms with Gasteiger partial charge in [0.25, 0.3) is 0 Å². The van der Waals surface area contributed by atoms with E-state index in [2.05, 4.69) is 20.7 Å². The summed E-state index contributed by atoms with van der Waals surface area (Å²) in [5.74, 6) is 0. The van der Waals surface area contributed by atoms with Gasteiger partial charge in [0.1, 0.15) is 0 Å². The van der Waals surface area contributed by atoms with E-state index in [1.807, 2.05) is 19.9 Å². The molecule has 0 fully saturated rings. The van der Waals surface area contributed by atoms with E-state index >= 15 is 0 Å². The Bertz CT molecular complexity index is 492. The van der Waals surface area contributed by atoms with Crippen molar-refractivity contribution < 1.29 is 8.42 Å². The third-order valence-electron chi connectivity index (χ3n) is 2.34. The van der Waals surface area contributed by atoms with Crippen LogP contribution in [0.4, 0.5) is 0 Å². The third kappa shape index (κ3) is 4.85. The standard InChI is InChI=1S/C11H17BrN2O2S.ClH/c1-8-4-3-5-10(11(8)12)17(15,16)14-7-6-9(2)13;/h3-5,9,14H,6-7,13H2,1-2H3;1H. The number of benzene rings is 1. The molecule has 1 rings (SSSR count). The SMILES string of the molecule is Cc1cccc(S(=O)(=O)NCCC(C)N)c1Br.Cl. The van der Waals surface area contributed by atoms with Crippen LogP contribution in [0.2, 0.25) is 0 Å². The Morgan fingerprint density at radius 2 is 2.06 bits per heavy atom. The van der Waals surface area contributed by atoms with E-state index < -0.39 is 10.0 Å². The van der Waals surface area contributed by atoms with E-state index in [0.717, 1.165) is 5.56 Å². The van der Waals surface area contributed by atoms with Gasteiger partial charge >= 0.3 is 0 Å². The molecule has 18 heavy (non-hydrogen) atoms. The summed E-state index contributed by atoms with van der Waals surface area (Å²) >= 11 is 3.29. The minimum absolute atomic E-state index is 0. The second-order valence-corrected chi connectivity index (χ2v) is 6.58. The van der Waals surface area contributed by atoms with Gasteiger partial charge < -0.3 is 5.73 Å². The first-order valence-electron chi connectivity index (χ1n) is 5.35. The lowest BCUT2D eigenvalue weighted by atomic mass is 10.2. The van der Waals surface area contributed by atoms with Crippen LogP contribution < -0.4 is 10.5 Å². The summed E-state index contributed by atoms with van der Waals surface area (Å²) in [6.07, 6.45) is 0.614. The van der Waals surface area contributed by atoms with Crippen LogP contribution in [0.1, 0.15) is 18.9 Å². The lowest BCUT2D eigenvalue weighted by molar-refractivity contribution is 0.571. The largest absolute Gasteiger partial charge is 0.328 e. The highest BCUT2D eigenvalue weighted by Gasteiger charge is 2.17. The number of hydrogen-bond acceptors (Lipinski definition) is 3. The quantitative estimate of drug-likeness (QED) is 0.848. The van der Waals surface area contributed by atoms with Crippen LogP contribution in [0.5, 0.6) is 0 Å². The summed E-state index contributed by atoms with van der Waals surface area (Å²) in [6.45, 7) is 4.04. The van der Waals surface area contributed by atoms with Crippen molar-refractivity contribution in [2.24, 2.45) is 5.73 Å². The van der Waals surface area contributed by atoms with Gasteiger partial charge in [-0.05, 0) is 47.8 Å². The molecule has 104 valence electrons. The lowest BCUT2D eigenvalue weighted by Crippen LogP contribution is -2.29. The Morgan fingerprint density at radius 1 is 1.44 bits per heavy atom. The molecule has 7 heteroatoms. The van der Waals surface area contributed by atoms with E-state index in [1.165, 1.54) is 0 Å². The van der Waals surface area contributed by atoms with Crippen LogP contribution in [0.15, 0.2) is 27.6 Å². The molecule has 0 radical (unpaired) electrons. The zero-order valence-electron chi connectivity index (χ0n) is 10.3. The van der Waals surface area contributed by atoms with Crippen LogP contribution >= 0.6 is 28.3 Å². The Hall–Kier alpha value is -0.140. The van der Waals surface area contributed by atoms with Crippen LogP contribution in [0, 0.1) is 6.92 Å². The minimum Gasteiger partial charge on any atom is -0.328 e. The van der Waals surface area contributed by atoms with Gasteiger partial charge in [-0.1, -0.05) is 12.1 Å². The van der Waals surface area contributed by atoms with Gasteiger partial charge in [-0.2, -0.15) is 0 Å². The second kappa shape index (κ2) is 7.45. The third-order valence-corrected chi connectivity index (χ3v) is 5.16. The molecule has 0 amide bonds. The molecule has 0 heterocycles. The molecule has 1 atom stereocenters. The minimum atomic E-state index is -3.46. The van der Waals surface area contributed by atoms with Gasteiger partial charge in [-0.25, -0.2) is 13.1 Å². The Morgan fingerprint density at radius 3 is 2.61 bits per heavy atom. The smallest absolute Gasteiger partial charge is 0.241 e. The molecular weight excluding hydrogens is 340 g/mol. The van der Waals surface area contributed by atoms with Crippen molar-refractivity contribution in [2.45, 2.75) is 31.2 Å². The number of halogens is 2. The first-order chi connectivity index (χ1) is 7.84. The van der Waals surface area contributed by atoms with E-state index in [0.29, 0.717) is 17.4 Å². The van der Waals surface area contributed by atoms with E-state index in [9.17, 15) is 8.42 Å². The van der Waals surface area contributed by atoms with E-state index in [-0.39, 0.29) is 23.3 Å². The van der Waals surface area contributed by atoms with Gasteiger partial charge in [0.15, 0.2) is 0 Å². The van der Waals surface area contributed by atoms with E-state index in [1.54, 1.807) is 12.1 Å². The molecular formula is C11H18BrClN2O2S. The van der Waals surface area contributed by atoms with Gasteiger partial charge in [0.2, 0.25) is 10.0 Å². The zero-order chi connectivity index (χ0) is 13.1. The maximum absolute atomic E-state index is 12.0. The Balaban J connectivity index is 0.00000289. The van der Waals surface area contributed by atoms with Crippen molar-refractivity contribution in [1.82, 2.24) is 4.72 Å². The van der Waals surface area contributed by atoms with Crippen molar-refractivity contribution >= 4 is 38.4 Å². The maximum Gasteiger partial charge on any atom is 0.241 e. The summed E-state index contributed by atoms with van der Waals surface area (Å²) in [5.41, 5.74) is 6.46. The predicted octanol–water partition coefficient (Wildman–Crippen LogP) is 2.19. The highest BCUT2D eigenvalue weighted by atomic mass is 79.9. The average Bonchev–Trinajstić information content (AvgIpc) is 2.21. The van der Waals surface area contributed by atoms with Crippen LogP contribution in [0.3, 0.4) is 0 Å². The molecule has 0 bridgehead atoms. The lowest BCUT2D eigenvalue weighted by Gasteiger charge is -2.10. The molecule has 1 aromatic rings. The monoisotopic (exact) mass is 356 g/mol. The molecule has 3 N–H and O–H groups in total. The topological polar surface area (TPSA) is 72.2 Å². The molecule has 1 unspecified atom stereocenters. The maximum atomic E-state index is 12.0. The fourth-order valence-corrected chi connectivity index (χ4v) is 3.43. The van der Waals surface area contributed by atoms with Gasteiger partial charge in [0.05, 0.1) is 4.90 Å². The van der Waals surface area contributed by atoms with Crippen molar-refractivity contribution in [3.8, 4) is 0 Å². The van der Waals surface area contributed by atoms with Gasteiger partial charge in [-0.3, -0.25) is 0 Å². The molecule has 0 aromatic heterocycles. The normalized spacial score (nSPS) is 12.9. The number of rotatable bonds is 5. The highest BCUT2D eigenvalue weighted by molar-refractivity contribution is 9.10. The van der Waals surface area contributed by atoms with Crippen LogP contribution in [-0.2, 0) is 10.0 Å². The molecule has 0 saturated carbocycles. The van der Waals surface area contributed by atoms with Crippen LogP contribution in [0.25, 0.3) is 0 Å². The van der Waals surface area contributed by atoms with Crippen LogP contribution in [-0.4, -0.2) is 21.0 Å². The molecule has 0 spiro atoms. The Labute approximate surface area is 123 Å². The number of sulfonamides is 1. The summed E-state index contributed by atoms with van der Waals surface area (Å²) in [4.78, 5) is 0.266. The van der Waals surface area contributed by atoms with Gasteiger partial charge in [-0.15, -0.1) is 12.4 Å². The Kier molecular flexibility index (Phi) is 7.39. The molecule has 4 nitrogen and oxygen atoms in total. The molecule has 0 aliphatic heterocycles. The molecule has 0 aliphatic rings. The number of nitrogens with two attached hydrogens (primary N) is 1. The fourth-order valence-electron chi connectivity index (χ4n) is 1.33. The van der Waals surface area contributed by atoms with Crippen molar-refractivity contribution in [3.05, 3.63) is 28.2 Å². The average molecular weight is 358 g/mol. The summed E-state index contributed by atoms with van der Waals surface area (Å²) in [6, 6.07) is 5.13. The molecule has 0 aliphatic carbocycles. The first kappa shape index (κ1) is 17.9. The first-order valence-corrected chi connectivity index (χ1v) is 7.62. The van der Waals surface area contributed by atoms with Crippen molar-refractivity contribution in [2.75, 3.05) is 6.54 Å². The summed E-state index contributed by atoms with van der Waals surface area (Å²) in [5, 5.41) is 0.